The second-order valence-electron chi connectivity index (χ2n) is 3.19. The van der Waals surface area contributed by atoms with Gasteiger partial charge >= 0.3 is 0 Å². The molecule has 0 fully saturated rings. The van der Waals surface area contributed by atoms with Crippen LogP contribution in [0.5, 0.6) is 5.75 Å². The maximum atomic E-state index is 10.4. The molecule has 1 rings (SSSR count). The molecule has 0 unspecified atom stereocenters. The van der Waals surface area contributed by atoms with E-state index in [1.54, 1.807) is 31.4 Å². The number of guanidine groups is 1. The molecule has 0 aliphatic heterocycles. The van der Waals surface area contributed by atoms with Crippen molar-refractivity contribution < 1.29 is 9.66 Å². The molecule has 8 heteroatoms. The lowest BCUT2D eigenvalue weighted by Gasteiger charge is -2.06. The number of nitrogens with two attached hydrogens (primary N) is 2. The summed E-state index contributed by atoms with van der Waals surface area (Å²) in [5.74, 6) is 0.330. The van der Waals surface area contributed by atoms with Gasteiger partial charge in [-0.25, -0.2) is 0 Å². The predicted molar refractivity (Wildman–Crippen MR) is 67.5 cm³/mol. The molecular formula is C10H13N5O3. The van der Waals surface area contributed by atoms with Gasteiger partial charge in [0.1, 0.15) is 5.75 Å². The molecule has 8 nitrogen and oxygen atoms in total. The van der Waals surface area contributed by atoms with E-state index >= 15 is 0 Å². The van der Waals surface area contributed by atoms with Crippen molar-refractivity contribution in [3.63, 3.8) is 0 Å². The third kappa shape index (κ3) is 4.39. The van der Waals surface area contributed by atoms with Crippen LogP contribution in [0.1, 0.15) is 0 Å². The lowest BCUT2D eigenvalue weighted by Crippen LogP contribution is -2.23. The van der Waals surface area contributed by atoms with E-state index in [1.807, 2.05) is 0 Å². The summed E-state index contributed by atoms with van der Waals surface area (Å²) < 4.78 is 4.99. The van der Waals surface area contributed by atoms with Gasteiger partial charge < -0.3 is 21.5 Å². The van der Waals surface area contributed by atoms with Gasteiger partial charge in [0.2, 0.25) is 5.82 Å². The SMILES string of the molecule is COc1ccc(N/C(=C/[N+](=O)[O-])N=C(N)N)cc1. The van der Waals surface area contributed by atoms with Crippen LogP contribution in [0.15, 0.2) is 41.3 Å². The zero-order valence-electron chi connectivity index (χ0n) is 9.66. The van der Waals surface area contributed by atoms with E-state index in [-0.39, 0.29) is 11.8 Å². The zero-order valence-corrected chi connectivity index (χ0v) is 9.66. The van der Waals surface area contributed by atoms with Crippen LogP contribution < -0.4 is 21.5 Å². The molecule has 18 heavy (non-hydrogen) atoms. The molecule has 0 bridgehead atoms. The Labute approximate surface area is 103 Å². The van der Waals surface area contributed by atoms with Crippen LogP contribution in [0.4, 0.5) is 5.69 Å². The minimum atomic E-state index is -0.654. The van der Waals surface area contributed by atoms with Crippen molar-refractivity contribution in [3.05, 3.63) is 46.4 Å². The molecule has 0 spiro atoms. The number of hydrogen-bond acceptors (Lipinski definition) is 5. The summed E-state index contributed by atoms with van der Waals surface area (Å²) in [5, 5.41) is 13.1. The molecule has 0 aromatic heterocycles. The van der Waals surface area contributed by atoms with E-state index in [0.717, 1.165) is 0 Å². The number of hydrogen-bond donors (Lipinski definition) is 3. The average Bonchev–Trinajstić information content (AvgIpc) is 2.28. The maximum Gasteiger partial charge on any atom is 0.276 e. The van der Waals surface area contributed by atoms with Crippen LogP contribution >= 0.6 is 0 Å². The number of benzene rings is 1. The Kier molecular flexibility index (Phi) is 4.50. The lowest BCUT2D eigenvalue weighted by molar-refractivity contribution is -0.403. The minimum Gasteiger partial charge on any atom is -0.497 e. The smallest absolute Gasteiger partial charge is 0.276 e. The van der Waals surface area contributed by atoms with Crippen molar-refractivity contribution in [2.45, 2.75) is 0 Å². The van der Waals surface area contributed by atoms with Gasteiger partial charge in [-0.2, -0.15) is 4.99 Å². The van der Waals surface area contributed by atoms with Crippen molar-refractivity contribution >= 4 is 11.6 Å². The van der Waals surface area contributed by atoms with E-state index in [0.29, 0.717) is 17.6 Å². The highest BCUT2D eigenvalue weighted by Gasteiger charge is 2.03. The number of aliphatic imine (C=N–C) groups is 1. The first-order valence-corrected chi connectivity index (χ1v) is 4.87. The second kappa shape index (κ2) is 6.09. The molecule has 96 valence electrons. The number of nitro groups is 1. The third-order valence-electron chi connectivity index (χ3n) is 1.84. The van der Waals surface area contributed by atoms with Gasteiger partial charge in [0.25, 0.3) is 6.20 Å². The average molecular weight is 251 g/mol. The topological polar surface area (TPSA) is 129 Å². The van der Waals surface area contributed by atoms with Gasteiger partial charge in [0, 0.05) is 5.69 Å². The Morgan fingerprint density at radius 2 is 2.06 bits per heavy atom. The molecule has 0 aliphatic rings. The molecule has 0 atom stereocenters. The van der Waals surface area contributed by atoms with Gasteiger partial charge in [-0.1, -0.05) is 0 Å². The van der Waals surface area contributed by atoms with E-state index in [2.05, 4.69) is 10.3 Å². The standard InChI is InChI=1S/C10H13N5O3/c1-18-8-4-2-7(3-5-8)13-9(6-15(16)17)14-10(11)12/h2-6,13H,1H3,(H4,11,12,14)/b9-6-. The summed E-state index contributed by atoms with van der Waals surface area (Å²) in [7, 11) is 1.54. The molecule has 0 radical (unpaired) electrons. The van der Waals surface area contributed by atoms with E-state index in [9.17, 15) is 10.1 Å². The van der Waals surface area contributed by atoms with Crippen molar-refractivity contribution in [2.24, 2.45) is 16.5 Å². The number of rotatable bonds is 5. The van der Waals surface area contributed by atoms with Crippen LogP contribution in [-0.2, 0) is 0 Å². The Bertz CT molecular complexity index is 477. The summed E-state index contributed by atoms with van der Waals surface area (Å²) >= 11 is 0. The molecule has 0 saturated carbocycles. The Morgan fingerprint density at radius 3 is 2.50 bits per heavy atom. The molecular weight excluding hydrogens is 238 g/mol. The maximum absolute atomic E-state index is 10.4. The molecule has 0 aliphatic carbocycles. The highest BCUT2D eigenvalue weighted by atomic mass is 16.6. The first-order valence-electron chi connectivity index (χ1n) is 4.87. The van der Waals surface area contributed by atoms with E-state index in [1.165, 1.54) is 0 Å². The van der Waals surface area contributed by atoms with Crippen LogP contribution in [0.2, 0.25) is 0 Å². The summed E-state index contributed by atoms with van der Waals surface area (Å²) in [6.07, 6.45) is 0.671. The van der Waals surface area contributed by atoms with E-state index < -0.39 is 4.92 Å². The zero-order chi connectivity index (χ0) is 13.5. The minimum absolute atomic E-state index is 0.0647. The van der Waals surface area contributed by atoms with Gasteiger partial charge in [0.15, 0.2) is 5.96 Å². The summed E-state index contributed by atoms with van der Waals surface area (Å²) in [5.41, 5.74) is 10.9. The van der Waals surface area contributed by atoms with Crippen LogP contribution in [0, 0.1) is 10.1 Å². The monoisotopic (exact) mass is 251 g/mol. The second-order valence-corrected chi connectivity index (χ2v) is 3.19. The van der Waals surface area contributed by atoms with Crippen LogP contribution in [0.3, 0.4) is 0 Å². The lowest BCUT2D eigenvalue weighted by atomic mass is 10.3. The fourth-order valence-electron chi connectivity index (χ4n) is 1.15. The van der Waals surface area contributed by atoms with Crippen molar-refractivity contribution in [3.8, 4) is 5.75 Å². The number of nitrogens with one attached hydrogen (secondary N) is 1. The highest BCUT2D eigenvalue weighted by molar-refractivity contribution is 5.77. The van der Waals surface area contributed by atoms with Crippen molar-refractivity contribution in [1.29, 1.82) is 0 Å². The normalized spacial score (nSPS) is 10.6. The number of ether oxygens (including phenoxy) is 1. The molecule has 5 N–H and O–H groups in total. The fourth-order valence-corrected chi connectivity index (χ4v) is 1.15. The van der Waals surface area contributed by atoms with Gasteiger partial charge in [-0.3, -0.25) is 10.1 Å². The Morgan fingerprint density at radius 1 is 1.44 bits per heavy atom. The van der Waals surface area contributed by atoms with Gasteiger partial charge in [0.05, 0.1) is 12.0 Å². The molecule has 0 amide bonds. The van der Waals surface area contributed by atoms with Gasteiger partial charge in [-0.05, 0) is 24.3 Å². The largest absolute Gasteiger partial charge is 0.497 e. The Hall–Kier alpha value is -2.77. The van der Waals surface area contributed by atoms with Crippen LogP contribution in [0.25, 0.3) is 0 Å². The number of anilines is 1. The molecule has 0 saturated heterocycles. The summed E-state index contributed by atoms with van der Waals surface area (Å²) in [6.45, 7) is 0. The summed E-state index contributed by atoms with van der Waals surface area (Å²) in [6, 6.07) is 6.74. The first kappa shape index (κ1) is 13.3. The van der Waals surface area contributed by atoms with Crippen molar-refractivity contribution in [1.82, 2.24) is 0 Å². The third-order valence-corrected chi connectivity index (χ3v) is 1.84. The quantitative estimate of drug-likeness (QED) is 0.301. The summed E-state index contributed by atoms with van der Waals surface area (Å²) in [4.78, 5) is 13.3. The highest BCUT2D eigenvalue weighted by Crippen LogP contribution is 2.16. The predicted octanol–water partition coefficient (Wildman–Crippen LogP) is 0.456. The molecule has 1 aromatic rings. The first-order chi connectivity index (χ1) is 8.51. The molecule has 0 heterocycles. The number of nitrogens with zero attached hydrogens (tertiary/aromatic N) is 2. The van der Waals surface area contributed by atoms with Crippen LogP contribution in [-0.4, -0.2) is 18.0 Å². The Balaban J connectivity index is 2.89. The molecule has 1 aromatic carbocycles. The fraction of sp³-hybridized carbons (Fsp3) is 0.100. The van der Waals surface area contributed by atoms with Gasteiger partial charge in [-0.15, -0.1) is 0 Å². The van der Waals surface area contributed by atoms with E-state index in [4.69, 9.17) is 16.2 Å². The van der Waals surface area contributed by atoms with Crippen molar-refractivity contribution in [2.75, 3.05) is 12.4 Å². The number of methoxy groups -OCH3 is 1.